The third-order valence-corrected chi connectivity index (χ3v) is 13.1. The van der Waals surface area contributed by atoms with Gasteiger partial charge in [-0.25, -0.2) is 0 Å². The molecule has 4 nitrogen and oxygen atoms in total. The van der Waals surface area contributed by atoms with Gasteiger partial charge >= 0.3 is 0 Å². The number of hydrogen-bond acceptors (Lipinski definition) is 4. The van der Waals surface area contributed by atoms with Crippen LogP contribution >= 0.6 is 14.7 Å². The Morgan fingerprint density at radius 1 is 0.478 bits per heavy atom. The molecule has 236 valence electrons. The van der Waals surface area contributed by atoms with E-state index in [-0.39, 0.29) is 0 Å². The van der Waals surface area contributed by atoms with Crippen molar-refractivity contribution in [3.05, 3.63) is 167 Å². The molecule has 0 bridgehead atoms. The number of benzene rings is 5. The first-order valence-electron chi connectivity index (χ1n) is 16.3. The summed E-state index contributed by atoms with van der Waals surface area (Å²) in [4.78, 5) is 0. The van der Waals surface area contributed by atoms with Crippen LogP contribution in [0.5, 0.6) is 11.5 Å². The van der Waals surface area contributed by atoms with Crippen LogP contribution in [0.15, 0.2) is 140 Å². The Labute approximate surface area is 273 Å². The summed E-state index contributed by atoms with van der Waals surface area (Å²) in [6.07, 6.45) is 6.95. The van der Waals surface area contributed by atoms with Crippen molar-refractivity contribution in [2.75, 3.05) is 0 Å². The molecule has 0 N–H and O–H groups in total. The molecule has 0 radical (unpaired) electrons. The lowest BCUT2D eigenvalue weighted by atomic mass is 9.84. The second kappa shape index (κ2) is 15.2. The van der Waals surface area contributed by atoms with Gasteiger partial charge in [-0.1, -0.05) is 147 Å². The van der Waals surface area contributed by atoms with Crippen molar-refractivity contribution in [2.45, 2.75) is 62.7 Å². The van der Waals surface area contributed by atoms with Crippen LogP contribution in [0.2, 0.25) is 0 Å². The molecule has 0 aromatic heterocycles. The Morgan fingerprint density at radius 3 is 1.28 bits per heavy atom. The molecule has 46 heavy (non-hydrogen) atoms. The molecule has 0 saturated heterocycles. The number of hydrogen-bond donors (Lipinski definition) is 0. The van der Waals surface area contributed by atoms with E-state index in [2.05, 4.69) is 6.07 Å². The maximum absolute atomic E-state index is 14.9. The summed E-state index contributed by atoms with van der Waals surface area (Å²) in [6.45, 7) is 0. The molecule has 1 fully saturated rings. The van der Waals surface area contributed by atoms with Gasteiger partial charge in [0.1, 0.15) is 11.5 Å². The van der Waals surface area contributed by atoms with Crippen molar-refractivity contribution in [1.29, 1.82) is 0 Å². The maximum atomic E-state index is 14.9. The average molecular weight is 649 g/mol. The number of rotatable bonds is 13. The molecule has 0 amide bonds. The molecule has 5 aromatic carbocycles. The van der Waals surface area contributed by atoms with Gasteiger partial charge in [0.15, 0.2) is 0 Å². The van der Waals surface area contributed by atoms with E-state index in [1.54, 1.807) is 0 Å². The zero-order valence-electron chi connectivity index (χ0n) is 26.2. The highest BCUT2D eigenvalue weighted by molar-refractivity contribution is 7.58. The fourth-order valence-corrected chi connectivity index (χ4v) is 11.0. The van der Waals surface area contributed by atoms with Crippen molar-refractivity contribution in [1.82, 2.24) is 0 Å². The summed E-state index contributed by atoms with van der Waals surface area (Å²) in [6, 6.07) is 45.4. The van der Waals surface area contributed by atoms with Crippen molar-refractivity contribution in [3.63, 3.8) is 0 Å². The van der Waals surface area contributed by atoms with E-state index in [1.807, 2.05) is 133 Å². The first-order chi connectivity index (χ1) is 22.5. The van der Waals surface area contributed by atoms with E-state index in [4.69, 9.17) is 9.05 Å². The molecule has 1 aliphatic carbocycles. The maximum Gasteiger partial charge on any atom is 0.256 e. The zero-order chi connectivity index (χ0) is 31.7. The average Bonchev–Trinajstić information content (AvgIpc) is 3.07. The molecule has 1 saturated carbocycles. The second-order valence-electron chi connectivity index (χ2n) is 12.4. The summed E-state index contributed by atoms with van der Waals surface area (Å²) >= 11 is 0. The normalized spacial score (nSPS) is 14.1. The summed E-state index contributed by atoms with van der Waals surface area (Å²) in [5.41, 5.74) is 4.95. The fraction of sp³-hybridized carbons (Fsp3) is 0.250. The van der Waals surface area contributed by atoms with Gasteiger partial charge in [0.25, 0.3) is 14.7 Å². The quantitative estimate of drug-likeness (QED) is 0.119. The summed E-state index contributed by atoms with van der Waals surface area (Å²) in [5.74, 6) is 1.39. The Morgan fingerprint density at radius 2 is 0.870 bits per heavy atom. The van der Waals surface area contributed by atoms with Crippen LogP contribution in [0, 0.1) is 0 Å². The molecule has 5 aromatic rings. The predicted octanol–water partition coefficient (Wildman–Crippen LogP) is 11.8. The van der Waals surface area contributed by atoms with E-state index in [0.717, 1.165) is 53.5 Å². The third kappa shape index (κ3) is 8.91. The molecule has 0 unspecified atom stereocenters. The van der Waals surface area contributed by atoms with Gasteiger partial charge in [0.2, 0.25) is 0 Å². The molecule has 0 spiro atoms. The minimum Gasteiger partial charge on any atom is -0.442 e. The van der Waals surface area contributed by atoms with Crippen LogP contribution in [0.3, 0.4) is 0 Å². The first-order valence-corrected chi connectivity index (χ1v) is 20.3. The molecular formula is C40H42O4P2. The first kappa shape index (κ1) is 32.1. The molecule has 1 aliphatic rings. The Bertz CT molecular complexity index is 1680. The van der Waals surface area contributed by atoms with E-state index in [9.17, 15) is 9.13 Å². The Balaban J connectivity index is 1.37. The van der Waals surface area contributed by atoms with Crippen LogP contribution in [-0.2, 0) is 33.8 Å². The van der Waals surface area contributed by atoms with Gasteiger partial charge in [-0.2, -0.15) is 0 Å². The standard InChI is InChI=1S/C40H42O4P2/c41-45(29-33-16-6-1-7-17-33,30-34-18-8-2-9-19-34)43-38-26-27-39(37-24-14-5-15-25-37)40(28-38)44-46(42,31-35-20-10-3-11-21-35)32-36-22-12-4-13-23-36/h1-4,6-13,16-23,26-28,37H,5,14-15,24-25,29-32H2. The summed E-state index contributed by atoms with van der Waals surface area (Å²) in [7, 11) is -6.51. The van der Waals surface area contributed by atoms with Gasteiger partial charge in [-0.05, 0) is 52.6 Å². The third-order valence-electron chi connectivity index (χ3n) is 8.63. The van der Waals surface area contributed by atoms with Gasteiger partial charge in [0.05, 0.1) is 24.6 Å². The van der Waals surface area contributed by atoms with Crippen LogP contribution in [0.4, 0.5) is 0 Å². The van der Waals surface area contributed by atoms with Gasteiger partial charge < -0.3 is 9.05 Å². The van der Waals surface area contributed by atoms with Crippen LogP contribution in [0.1, 0.15) is 65.8 Å². The van der Waals surface area contributed by atoms with Crippen LogP contribution < -0.4 is 9.05 Å². The van der Waals surface area contributed by atoms with Gasteiger partial charge in [-0.15, -0.1) is 0 Å². The highest BCUT2D eigenvalue weighted by Gasteiger charge is 2.31. The molecule has 0 heterocycles. The molecule has 0 atom stereocenters. The van der Waals surface area contributed by atoms with Gasteiger partial charge in [-0.3, -0.25) is 9.13 Å². The topological polar surface area (TPSA) is 52.6 Å². The lowest BCUT2D eigenvalue weighted by molar-refractivity contribution is 0.425. The van der Waals surface area contributed by atoms with E-state index in [1.165, 1.54) is 6.42 Å². The lowest BCUT2D eigenvalue weighted by Gasteiger charge is -2.28. The second-order valence-corrected chi connectivity index (χ2v) is 17.3. The zero-order valence-corrected chi connectivity index (χ0v) is 28.0. The van der Waals surface area contributed by atoms with Crippen molar-refractivity contribution < 1.29 is 18.2 Å². The Hall–Kier alpha value is -3.84. The predicted molar refractivity (Wildman–Crippen MR) is 189 cm³/mol. The highest BCUT2D eigenvalue weighted by atomic mass is 31.2. The van der Waals surface area contributed by atoms with Crippen molar-refractivity contribution in [3.8, 4) is 11.5 Å². The molecule has 6 rings (SSSR count). The van der Waals surface area contributed by atoms with E-state index < -0.39 is 14.7 Å². The Kier molecular flexibility index (Phi) is 10.6. The van der Waals surface area contributed by atoms with Crippen LogP contribution in [0.25, 0.3) is 0 Å². The fourth-order valence-electron chi connectivity index (χ4n) is 6.46. The van der Waals surface area contributed by atoms with Crippen molar-refractivity contribution in [2.24, 2.45) is 0 Å². The monoisotopic (exact) mass is 648 g/mol. The van der Waals surface area contributed by atoms with Gasteiger partial charge in [0, 0.05) is 6.07 Å². The molecular weight excluding hydrogens is 606 g/mol. The van der Waals surface area contributed by atoms with Crippen LogP contribution in [-0.4, -0.2) is 0 Å². The minimum atomic E-state index is -3.27. The smallest absolute Gasteiger partial charge is 0.256 e. The highest BCUT2D eigenvalue weighted by Crippen LogP contribution is 2.57. The largest absolute Gasteiger partial charge is 0.442 e. The SMILES string of the molecule is O=P(Cc1ccccc1)(Cc1ccccc1)Oc1ccc(C2CCCCC2)c(OP(=O)(Cc2ccccc2)Cc2ccccc2)c1. The van der Waals surface area contributed by atoms with E-state index >= 15 is 0 Å². The molecule has 0 aliphatic heterocycles. The van der Waals surface area contributed by atoms with Crippen molar-refractivity contribution >= 4 is 14.7 Å². The van der Waals surface area contributed by atoms with E-state index in [0.29, 0.717) is 42.1 Å². The molecule has 6 heteroatoms. The summed E-state index contributed by atoms with van der Waals surface area (Å²) in [5, 5.41) is 0. The lowest BCUT2D eigenvalue weighted by Crippen LogP contribution is -2.09. The minimum absolute atomic E-state index is 0.309. The summed E-state index contributed by atoms with van der Waals surface area (Å²) < 4.78 is 42.9.